The minimum absolute atomic E-state index is 0.0389. The van der Waals surface area contributed by atoms with Crippen molar-refractivity contribution in [2.45, 2.75) is 13.0 Å². The van der Waals surface area contributed by atoms with Crippen LogP contribution in [0.25, 0.3) is 5.76 Å². The zero-order valence-electron chi connectivity index (χ0n) is 17.3. The molecular weight excluding hydrogens is 454 g/mol. The summed E-state index contributed by atoms with van der Waals surface area (Å²) in [6.07, 6.45) is 2.91. The van der Waals surface area contributed by atoms with Gasteiger partial charge in [-0.15, -0.1) is 0 Å². The number of halogens is 3. The molecule has 1 aromatic heterocycles. The average Bonchev–Trinajstić information content (AvgIpc) is 3.08. The molecule has 0 saturated carbocycles. The van der Waals surface area contributed by atoms with Gasteiger partial charge in [0.25, 0.3) is 11.7 Å². The fraction of sp³-hybridized carbons (Fsp3) is 0.125. The van der Waals surface area contributed by atoms with E-state index >= 15 is 0 Å². The monoisotopic (exact) mass is 470 g/mol. The molecule has 1 atom stereocenters. The minimum Gasteiger partial charge on any atom is -0.507 e. The summed E-state index contributed by atoms with van der Waals surface area (Å²) in [6, 6.07) is 9.32. The molecular formula is C24H17ClF2N2O4. The van der Waals surface area contributed by atoms with Crippen molar-refractivity contribution in [3.8, 4) is 5.75 Å². The van der Waals surface area contributed by atoms with Gasteiger partial charge in [-0.2, -0.15) is 0 Å². The first kappa shape index (κ1) is 22.4. The number of benzene rings is 2. The lowest BCUT2D eigenvalue weighted by molar-refractivity contribution is -0.132. The number of carbonyl (C=O) groups excluding carboxylic acids is 2. The number of nitrogens with zero attached hydrogens (tertiary/aromatic N) is 2. The molecule has 168 valence electrons. The average molecular weight is 471 g/mol. The maximum atomic E-state index is 14.0. The summed E-state index contributed by atoms with van der Waals surface area (Å²) in [5.74, 6) is -4.42. The van der Waals surface area contributed by atoms with Crippen LogP contribution in [0.5, 0.6) is 5.75 Å². The maximum Gasteiger partial charge on any atom is 0.300 e. The van der Waals surface area contributed by atoms with Crippen molar-refractivity contribution >= 4 is 34.7 Å². The van der Waals surface area contributed by atoms with Crippen LogP contribution in [0.15, 0.2) is 66.5 Å². The summed E-state index contributed by atoms with van der Waals surface area (Å²) in [4.78, 5) is 31.0. The Balaban J connectivity index is 1.93. The van der Waals surface area contributed by atoms with Gasteiger partial charge in [0.1, 0.15) is 11.5 Å². The van der Waals surface area contributed by atoms with Gasteiger partial charge in [0.05, 0.1) is 23.2 Å². The molecule has 0 aliphatic carbocycles. The van der Waals surface area contributed by atoms with Crippen LogP contribution in [-0.4, -0.2) is 28.4 Å². The molecule has 0 radical (unpaired) electrons. The Bertz CT molecular complexity index is 1280. The number of anilines is 1. The zero-order chi connectivity index (χ0) is 23.7. The molecule has 3 aromatic rings. The van der Waals surface area contributed by atoms with Gasteiger partial charge in [0.2, 0.25) is 0 Å². The second-order valence-corrected chi connectivity index (χ2v) is 7.53. The number of amides is 1. The second kappa shape index (κ2) is 8.99. The van der Waals surface area contributed by atoms with Crippen LogP contribution < -0.4 is 9.64 Å². The van der Waals surface area contributed by atoms with Gasteiger partial charge in [-0.3, -0.25) is 19.5 Å². The number of carbonyl (C=O) groups is 2. The van der Waals surface area contributed by atoms with Gasteiger partial charge in [0, 0.05) is 29.7 Å². The molecule has 1 aliphatic rings. The lowest BCUT2D eigenvalue weighted by Gasteiger charge is -2.25. The van der Waals surface area contributed by atoms with E-state index in [0.29, 0.717) is 22.9 Å². The predicted octanol–water partition coefficient (Wildman–Crippen LogP) is 5.04. The number of ketones is 1. The molecule has 2 aromatic carbocycles. The van der Waals surface area contributed by atoms with Gasteiger partial charge in [-0.1, -0.05) is 11.6 Å². The summed E-state index contributed by atoms with van der Waals surface area (Å²) in [5.41, 5.74) is 0.378. The first-order chi connectivity index (χ1) is 15.8. The summed E-state index contributed by atoms with van der Waals surface area (Å²) in [7, 11) is 0. The van der Waals surface area contributed by atoms with Crippen LogP contribution >= 0.6 is 11.6 Å². The number of hydrogen-bond acceptors (Lipinski definition) is 5. The van der Waals surface area contributed by atoms with E-state index < -0.39 is 35.1 Å². The lowest BCUT2D eigenvalue weighted by Crippen LogP contribution is -2.29. The quantitative estimate of drug-likeness (QED) is 0.321. The molecule has 1 aliphatic heterocycles. The Labute approximate surface area is 192 Å². The Hall–Kier alpha value is -3.78. The van der Waals surface area contributed by atoms with E-state index in [4.69, 9.17) is 16.3 Å². The molecule has 4 rings (SSSR count). The smallest absolute Gasteiger partial charge is 0.300 e. The molecule has 9 heteroatoms. The summed E-state index contributed by atoms with van der Waals surface area (Å²) in [5, 5.41) is 11.4. The van der Waals surface area contributed by atoms with Gasteiger partial charge >= 0.3 is 0 Å². The Morgan fingerprint density at radius 3 is 2.48 bits per heavy atom. The van der Waals surface area contributed by atoms with Crippen LogP contribution in [-0.2, 0) is 9.59 Å². The molecule has 1 unspecified atom stereocenters. The number of rotatable bonds is 5. The van der Waals surface area contributed by atoms with E-state index in [-0.39, 0.29) is 16.8 Å². The topological polar surface area (TPSA) is 79.7 Å². The van der Waals surface area contributed by atoms with E-state index in [1.54, 1.807) is 19.1 Å². The first-order valence-corrected chi connectivity index (χ1v) is 10.3. The van der Waals surface area contributed by atoms with Crippen LogP contribution in [0, 0.1) is 11.6 Å². The van der Waals surface area contributed by atoms with Crippen molar-refractivity contribution in [1.82, 2.24) is 4.98 Å². The normalized spacial score (nSPS) is 17.5. The summed E-state index contributed by atoms with van der Waals surface area (Å²) >= 11 is 6.12. The molecule has 1 N–H and O–H groups in total. The Morgan fingerprint density at radius 1 is 1.09 bits per heavy atom. The van der Waals surface area contributed by atoms with Crippen molar-refractivity contribution < 1.29 is 28.2 Å². The van der Waals surface area contributed by atoms with Crippen LogP contribution in [0.1, 0.15) is 24.1 Å². The predicted molar refractivity (Wildman–Crippen MR) is 118 cm³/mol. The molecule has 6 nitrogen and oxygen atoms in total. The van der Waals surface area contributed by atoms with Gasteiger partial charge in [-0.25, -0.2) is 8.78 Å². The van der Waals surface area contributed by atoms with E-state index in [2.05, 4.69) is 4.98 Å². The Kier molecular flexibility index (Phi) is 6.11. The zero-order valence-corrected chi connectivity index (χ0v) is 18.0. The lowest BCUT2D eigenvalue weighted by atomic mass is 9.95. The highest BCUT2D eigenvalue weighted by molar-refractivity contribution is 6.51. The third-order valence-corrected chi connectivity index (χ3v) is 5.46. The number of ether oxygens (including phenoxy) is 1. The van der Waals surface area contributed by atoms with E-state index in [9.17, 15) is 23.5 Å². The number of hydrogen-bond donors (Lipinski definition) is 1. The number of aliphatic hydroxyl groups is 1. The molecule has 1 saturated heterocycles. The van der Waals surface area contributed by atoms with E-state index in [0.717, 1.165) is 17.0 Å². The van der Waals surface area contributed by atoms with Crippen molar-refractivity contribution in [2.75, 3.05) is 11.5 Å². The van der Waals surface area contributed by atoms with E-state index in [1.165, 1.54) is 36.7 Å². The molecule has 1 amide bonds. The highest BCUT2D eigenvalue weighted by atomic mass is 35.5. The van der Waals surface area contributed by atoms with Crippen molar-refractivity contribution in [3.05, 3.63) is 94.3 Å². The summed E-state index contributed by atoms with van der Waals surface area (Å²) in [6.45, 7) is 2.08. The van der Waals surface area contributed by atoms with Crippen LogP contribution in [0.4, 0.5) is 14.5 Å². The second-order valence-electron chi connectivity index (χ2n) is 7.13. The van der Waals surface area contributed by atoms with Crippen LogP contribution in [0.2, 0.25) is 5.02 Å². The minimum atomic E-state index is -1.18. The molecule has 33 heavy (non-hydrogen) atoms. The highest BCUT2D eigenvalue weighted by Gasteiger charge is 2.47. The standard InChI is InChI=1S/C24H17ClF2N2O4/c1-2-33-19-11-14(3-5-16(19)25)22(30)20-21(13-7-9-28-10-8-13)29(24(32)23(20)31)15-4-6-17(26)18(27)12-15/h3-12,21,30H,2H2,1H3/b22-20+. The molecule has 0 spiro atoms. The number of aliphatic hydroxyl groups excluding tert-OH is 1. The highest BCUT2D eigenvalue weighted by Crippen LogP contribution is 2.42. The molecule has 1 fully saturated rings. The largest absolute Gasteiger partial charge is 0.507 e. The molecule has 2 heterocycles. The Morgan fingerprint density at radius 2 is 1.82 bits per heavy atom. The van der Waals surface area contributed by atoms with Crippen LogP contribution in [0.3, 0.4) is 0 Å². The first-order valence-electron chi connectivity index (χ1n) is 9.92. The third kappa shape index (κ3) is 4.05. The fourth-order valence-electron chi connectivity index (χ4n) is 3.67. The number of aromatic nitrogens is 1. The van der Waals surface area contributed by atoms with Crippen molar-refractivity contribution in [2.24, 2.45) is 0 Å². The van der Waals surface area contributed by atoms with Crippen molar-refractivity contribution in [3.63, 3.8) is 0 Å². The number of pyridine rings is 1. The number of Topliss-reactive ketones (excluding diaryl/α,β-unsaturated/α-hetero) is 1. The SMILES string of the molecule is CCOc1cc(/C(O)=C2\C(=O)C(=O)N(c3ccc(F)c(F)c3)C2c2ccncc2)ccc1Cl. The van der Waals surface area contributed by atoms with Gasteiger partial charge < -0.3 is 9.84 Å². The van der Waals surface area contributed by atoms with E-state index in [1.807, 2.05) is 0 Å². The maximum absolute atomic E-state index is 14.0. The van der Waals surface area contributed by atoms with Gasteiger partial charge in [-0.05, 0) is 55.0 Å². The summed E-state index contributed by atoms with van der Waals surface area (Å²) < 4.78 is 32.9. The van der Waals surface area contributed by atoms with Gasteiger partial charge in [0.15, 0.2) is 11.6 Å². The van der Waals surface area contributed by atoms with Crippen molar-refractivity contribution in [1.29, 1.82) is 0 Å². The fourth-order valence-corrected chi connectivity index (χ4v) is 3.84. The third-order valence-electron chi connectivity index (χ3n) is 5.15. The molecule has 0 bridgehead atoms.